The number of nitrogens with one attached hydrogen (secondary N) is 1. The van der Waals surface area contributed by atoms with Gasteiger partial charge in [0.05, 0.1) is 6.04 Å². The molecular weight excluding hydrogens is 358 g/mol. The number of aromatic nitrogens is 4. The molecule has 0 spiro atoms. The molecular formula is C20H25N5OS. The average Bonchev–Trinajstić information content (AvgIpc) is 3.31. The minimum atomic E-state index is -0.124. The molecule has 2 aromatic heterocycles. The molecule has 0 saturated carbocycles. The first-order chi connectivity index (χ1) is 12.9. The van der Waals surface area contributed by atoms with Crippen molar-refractivity contribution in [3.8, 4) is 11.4 Å². The zero-order valence-electron chi connectivity index (χ0n) is 16.1. The molecule has 7 heteroatoms. The van der Waals surface area contributed by atoms with Gasteiger partial charge in [0.2, 0.25) is 11.7 Å². The average molecular weight is 384 g/mol. The van der Waals surface area contributed by atoms with Gasteiger partial charge >= 0.3 is 0 Å². The summed E-state index contributed by atoms with van der Waals surface area (Å²) in [6.07, 6.45) is 0. The number of thiophene rings is 1. The lowest BCUT2D eigenvalue weighted by Gasteiger charge is -2.21. The summed E-state index contributed by atoms with van der Waals surface area (Å²) in [5.74, 6) is 1.17. The van der Waals surface area contributed by atoms with E-state index in [9.17, 15) is 4.79 Å². The fourth-order valence-electron chi connectivity index (χ4n) is 2.82. The lowest BCUT2D eigenvalue weighted by atomic mass is 10.0. The predicted molar refractivity (Wildman–Crippen MR) is 107 cm³/mol. The maximum absolute atomic E-state index is 12.5. The third kappa shape index (κ3) is 4.80. The highest BCUT2D eigenvalue weighted by atomic mass is 32.1. The van der Waals surface area contributed by atoms with E-state index in [2.05, 4.69) is 60.6 Å². The molecule has 0 bridgehead atoms. The summed E-state index contributed by atoms with van der Waals surface area (Å²) >= 11 is 1.65. The summed E-state index contributed by atoms with van der Waals surface area (Å²) in [7, 11) is 0. The molecule has 142 valence electrons. The molecule has 0 aliphatic rings. The third-order valence-electron chi connectivity index (χ3n) is 4.41. The fourth-order valence-corrected chi connectivity index (χ4v) is 3.77. The molecule has 1 N–H and O–H groups in total. The Morgan fingerprint density at radius 3 is 2.48 bits per heavy atom. The van der Waals surface area contributed by atoms with Crippen molar-refractivity contribution in [1.29, 1.82) is 0 Å². The number of benzene rings is 1. The Labute approximate surface area is 163 Å². The van der Waals surface area contributed by atoms with Crippen LogP contribution in [0.25, 0.3) is 11.4 Å². The van der Waals surface area contributed by atoms with Crippen molar-refractivity contribution in [3.63, 3.8) is 0 Å². The van der Waals surface area contributed by atoms with Gasteiger partial charge in [0.1, 0.15) is 6.54 Å². The summed E-state index contributed by atoms with van der Waals surface area (Å²) in [6, 6.07) is 12.2. The smallest absolute Gasteiger partial charge is 0.244 e. The van der Waals surface area contributed by atoms with Crippen molar-refractivity contribution in [3.05, 3.63) is 52.2 Å². The van der Waals surface area contributed by atoms with Crippen LogP contribution in [0.1, 0.15) is 50.1 Å². The van der Waals surface area contributed by atoms with Crippen LogP contribution in [-0.2, 0) is 11.3 Å². The zero-order chi connectivity index (χ0) is 19.4. The van der Waals surface area contributed by atoms with Gasteiger partial charge in [-0.2, -0.15) is 4.80 Å². The Morgan fingerprint density at radius 2 is 1.89 bits per heavy atom. The van der Waals surface area contributed by atoms with E-state index in [1.54, 1.807) is 11.3 Å². The standard InChI is InChI=1S/C20H25N5OS/c1-13(2)15-7-9-16(10-8-15)20-22-24-25(23-20)12-18(26)21-19(14(3)4)17-6-5-11-27-17/h5-11,13-14,19H,12H2,1-4H3,(H,21,26). The molecule has 1 aromatic carbocycles. The maximum atomic E-state index is 12.5. The van der Waals surface area contributed by atoms with Crippen molar-refractivity contribution >= 4 is 17.2 Å². The van der Waals surface area contributed by atoms with Crippen LogP contribution in [0.2, 0.25) is 0 Å². The van der Waals surface area contributed by atoms with Gasteiger partial charge in [-0.1, -0.05) is 58.0 Å². The molecule has 0 aliphatic carbocycles. The second-order valence-electron chi connectivity index (χ2n) is 7.22. The minimum absolute atomic E-state index is 0.0101. The van der Waals surface area contributed by atoms with Crippen molar-refractivity contribution in [2.75, 3.05) is 0 Å². The van der Waals surface area contributed by atoms with E-state index in [4.69, 9.17) is 0 Å². The van der Waals surface area contributed by atoms with Crippen LogP contribution in [0.15, 0.2) is 41.8 Å². The highest BCUT2D eigenvalue weighted by molar-refractivity contribution is 7.10. The lowest BCUT2D eigenvalue weighted by molar-refractivity contribution is -0.123. The Kier molecular flexibility index (Phi) is 6.01. The van der Waals surface area contributed by atoms with E-state index in [0.717, 1.165) is 10.4 Å². The van der Waals surface area contributed by atoms with Crippen LogP contribution >= 0.6 is 11.3 Å². The summed E-state index contributed by atoms with van der Waals surface area (Å²) in [4.78, 5) is 14.9. The topological polar surface area (TPSA) is 72.7 Å². The second-order valence-corrected chi connectivity index (χ2v) is 8.20. The van der Waals surface area contributed by atoms with Gasteiger partial charge < -0.3 is 5.32 Å². The Balaban J connectivity index is 1.65. The zero-order valence-corrected chi connectivity index (χ0v) is 16.9. The number of tetrazole rings is 1. The van der Waals surface area contributed by atoms with Crippen LogP contribution in [0.5, 0.6) is 0 Å². The van der Waals surface area contributed by atoms with Gasteiger partial charge in [-0.15, -0.1) is 21.5 Å². The van der Waals surface area contributed by atoms with Gasteiger partial charge in [-0.25, -0.2) is 0 Å². The first kappa shape index (κ1) is 19.2. The first-order valence-corrected chi connectivity index (χ1v) is 10.0. The van der Waals surface area contributed by atoms with Crippen LogP contribution in [-0.4, -0.2) is 26.1 Å². The molecule has 1 atom stereocenters. The lowest BCUT2D eigenvalue weighted by Crippen LogP contribution is -2.34. The summed E-state index contributed by atoms with van der Waals surface area (Å²) < 4.78 is 0. The largest absolute Gasteiger partial charge is 0.347 e. The van der Waals surface area contributed by atoms with E-state index in [0.29, 0.717) is 17.7 Å². The third-order valence-corrected chi connectivity index (χ3v) is 5.36. The minimum Gasteiger partial charge on any atom is -0.347 e. The van der Waals surface area contributed by atoms with E-state index >= 15 is 0 Å². The quantitative estimate of drug-likeness (QED) is 0.668. The number of carbonyl (C=O) groups excluding carboxylic acids is 1. The van der Waals surface area contributed by atoms with Crippen LogP contribution in [0.4, 0.5) is 0 Å². The van der Waals surface area contributed by atoms with E-state index < -0.39 is 0 Å². The van der Waals surface area contributed by atoms with Crippen molar-refractivity contribution < 1.29 is 4.79 Å². The molecule has 3 aromatic rings. The summed E-state index contributed by atoms with van der Waals surface area (Å²) in [5, 5.41) is 17.6. The van der Waals surface area contributed by atoms with Gasteiger partial charge in [-0.05, 0) is 34.1 Å². The Bertz CT molecular complexity index is 868. The first-order valence-electron chi connectivity index (χ1n) is 9.15. The molecule has 0 radical (unpaired) electrons. The van der Waals surface area contributed by atoms with Crippen molar-refractivity contribution in [2.45, 2.75) is 46.2 Å². The maximum Gasteiger partial charge on any atom is 0.244 e. The molecule has 0 saturated heterocycles. The molecule has 2 heterocycles. The number of nitrogens with zero attached hydrogens (tertiary/aromatic N) is 4. The monoisotopic (exact) mass is 383 g/mol. The van der Waals surface area contributed by atoms with E-state index in [1.165, 1.54) is 10.4 Å². The van der Waals surface area contributed by atoms with Gasteiger partial charge in [0.25, 0.3) is 0 Å². The SMILES string of the molecule is CC(C)c1ccc(-c2nnn(CC(=O)NC(c3cccs3)C(C)C)n2)cc1. The Hall–Kier alpha value is -2.54. The number of amides is 1. The van der Waals surface area contributed by atoms with Crippen molar-refractivity contribution in [1.82, 2.24) is 25.5 Å². The fraction of sp³-hybridized carbons (Fsp3) is 0.400. The molecule has 1 unspecified atom stereocenters. The van der Waals surface area contributed by atoms with Crippen LogP contribution in [0, 0.1) is 5.92 Å². The highest BCUT2D eigenvalue weighted by Crippen LogP contribution is 2.25. The van der Waals surface area contributed by atoms with E-state index in [1.807, 2.05) is 29.6 Å². The molecule has 1 amide bonds. The number of hydrogen-bond donors (Lipinski definition) is 1. The van der Waals surface area contributed by atoms with Gasteiger partial charge in [-0.3, -0.25) is 4.79 Å². The Morgan fingerprint density at radius 1 is 1.15 bits per heavy atom. The predicted octanol–water partition coefficient (Wildman–Crippen LogP) is 4.04. The van der Waals surface area contributed by atoms with Crippen molar-refractivity contribution in [2.24, 2.45) is 5.92 Å². The second kappa shape index (κ2) is 8.43. The summed E-state index contributed by atoms with van der Waals surface area (Å²) in [5.41, 5.74) is 2.16. The van der Waals surface area contributed by atoms with Crippen LogP contribution < -0.4 is 5.32 Å². The summed E-state index contributed by atoms with van der Waals surface area (Å²) in [6.45, 7) is 8.55. The van der Waals surface area contributed by atoms with Gasteiger partial charge in [0.15, 0.2) is 0 Å². The number of carbonyl (C=O) groups is 1. The number of hydrogen-bond acceptors (Lipinski definition) is 5. The normalized spacial score (nSPS) is 12.5. The molecule has 3 rings (SSSR count). The highest BCUT2D eigenvalue weighted by Gasteiger charge is 2.20. The molecule has 0 aliphatic heterocycles. The molecule has 27 heavy (non-hydrogen) atoms. The number of rotatable bonds is 7. The molecule has 6 nitrogen and oxygen atoms in total. The van der Waals surface area contributed by atoms with Crippen LogP contribution in [0.3, 0.4) is 0 Å². The van der Waals surface area contributed by atoms with E-state index in [-0.39, 0.29) is 18.5 Å². The van der Waals surface area contributed by atoms with Gasteiger partial charge in [0, 0.05) is 10.4 Å². The molecule has 0 fully saturated rings.